The van der Waals surface area contributed by atoms with Crippen LogP contribution in [0.15, 0.2) is 24.3 Å². The third kappa shape index (κ3) is 7.82. The van der Waals surface area contributed by atoms with E-state index in [1.165, 1.54) is 10.6 Å². The number of benzene rings is 1. The Morgan fingerprint density at radius 3 is 2.39 bits per heavy atom. The largest absolute Gasteiger partial charge is 0.396 e. The van der Waals surface area contributed by atoms with Gasteiger partial charge >= 0.3 is 0 Å². The molecule has 2 rings (SSSR count). The zero-order valence-corrected chi connectivity index (χ0v) is 19.6. The van der Waals surface area contributed by atoms with Crippen LogP contribution in [0.3, 0.4) is 0 Å². The van der Waals surface area contributed by atoms with Gasteiger partial charge in [-0.05, 0) is 30.6 Å². The van der Waals surface area contributed by atoms with E-state index in [0.29, 0.717) is 6.54 Å². The summed E-state index contributed by atoms with van der Waals surface area (Å²) in [7, 11) is 4.17. The molecule has 1 aromatic carbocycles. The van der Waals surface area contributed by atoms with Gasteiger partial charge in [0.1, 0.15) is 12.1 Å². The predicted molar refractivity (Wildman–Crippen MR) is 121 cm³/mol. The zero-order valence-electron chi connectivity index (χ0n) is 19.6. The van der Waals surface area contributed by atoms with Crippen LogP contribution in [0, 0.1) is 11.3 Å². The lowest BCUT2D eigenvalue weighted by molar-refractivity contribution is -0.180. The van der Waals surface area contributed by atoms with E-state index in [9.17, 15) is 15.0 Å². The number of rotatable bonds is 11. The third-order valence-corrected chi connectivity index (χ3v) is 5.44. The van der Waals surface area contributed by atoms with E-state index < -0.39 is 24.0 Å². The van der Waals surface area contributed by atoms with Crippen LogP contribution in [-0.4, -0.2) is 90.1 Å². The van der Waals surface area contributed by atoms with Crippen molar-refractivity contribution in [2.24, 2.45) is 17.1 Å². The molecule has 1 unspecified atom stereocenters. The Labute approximate surface area is 186 Å². The summed E-state index contributed by atoms with van der Waals surface area (Å²) in [6, 6.07) is 7.45. The molecular weight excluding hydrogens is 396 g/mol. The fourth-order valence-corrected chi connectivity index (χ4v) is 4.10. The Bertz CT molecular complexity index is 707. The van der Waals surface area contributed by atoms with Crippen LogP contribution in [0.1, 0.15) is 31.9 Å². The maximum Gasteiger partial charge on any atom is 0.237 e. The van der Waals surface area contributed by atoms with Crippen molar-refractivity contribution in [1.82, 2.24) is 14.9 Å². The van der Waals surface area contributed by atoms with E-state index in [1.54, 1.807) is 0 Å². The highest BCUT2D eigenvalue weighted by atomic mass is 16.7. The first kappa shape index (κ1) is 25.7. The quantitative estimate of drug-likeness (QED) is 0.468. The van der Waals surface area contributed by atoms with Crippen molar-refractivity contribution in [2.45, 2.75) is 46.0 Å². The van der Waals surface area contributed by atoms with Crippen LogP contribution in [0.5, 0.6) is 0 Å². The summed E-state index contributed by atoms with van der Waals surface area (Å²) in [5, 5.41) is 20.7. The highest BCUT2D eigenvalue weighted by molar-refractivity contribution is 5.80. The van der Waals surface area contributed by atoms with E-state index >= 15 is 0 Å². The SMILES string of the molecule is CN(C)CCN(Cc1cccc(CN2OC(CO)[C@@H](CO)[C@H]2C(N)=O)c1)CC(C)(C)C. The molecule has 1 heterocycles. The maximum atomic E-state index is 12.0. The number of nitrogens with zero attached hydrogens (tertiary/aromatic N) is 3. The molecule has 1 aromatic rings. The zero-order chi connectivity index (χ0) is 23.2. The molecule has 0 radical (unpaired) electrons. The van der Waals surface area contributed by atoms with Crippen LogP contribution in [-0.2, 0) is 22.7 Å². The van der Waals surface area contributed by atoms with Crippen LogP contribution in [0.2, 0.25) is 0 Å². The van der Waals surface area contributed by atoms with Crippen LogP contribution in [0.4, 0.5) is 0 Å². The number of aliphatic hydroxyl groups is 2. The molecule has 0 bridgehead atoms. The number of hydrogen-bond acceptors (Lipinski definition) is 7. The minimum absolute atomic E-state index is 0.195. The van der Waals surface area contributed by atoms with Gasteiger partial charge in [-0.1, -0.05) is 45.0 Å². The van der Waals surface area contributed by atoms with Gasteiger partial charge in [0, 0.05) is 32.1 Å². The molecule has 8 heteroatoms. The second kappa shape index (κ2) is 11.4. The first-order valence-electron chi connectivity index (χ1n) is 10.9. The lowest BCUT2D eigenvalue weighted by atomic mass is 9.95. The maximum absolute atomic E-state index is 12.0. The summed E-state index contributed by atoms with van der Waals surface area (Å²) in [4.78, 5) is 22.4. The number of aliphatic hydroxyl groups excluding tert-OH is 2. The predicted octanol–water partition coefficient (Wildman–Crippen LogP) is 0.667. The Morgan fingerprint density at radius 2 is 1.84 bits per heavy atom. The average Bonchev–Trinajstić information content (AvgIpc) is 3.02. The van der Waals surface area contributed by atoms with E-state index in [2.05, 4.69) is 56.8 Å². The number of nitrogens with two attached hydrogens (primary N) is 1. The van der Waals surface area contributed by atoms with E-state index in [4.69, 9.17) is 10.6 Å². The number of primary amides is 1. The van der Waals surface area contributed by atoms with Crippen molar-refractivity contribution in [3.8, 4) is 0 Å². The molecule has 1 saturated heterocycles. The lowest BCUT2D eigenvalue weighted by Crippen LogP contribution is -2.44. The summed E-state index contributed by atoms with van der Waals surface area (Å²) < 4.78 is 0. The fraction of sp³-hybridized carbons (Fsp3) is 0.696. The Balaban J connectivity index is 2.13. The number of hydroxylamine groups is 2. The van der Waals surface area contributed by atoms with Gasteiger partial charge in [-0.3, -0.25) is 14.5 Å². The topological polar surface area (TPSA) is 102 Å². The number of likely N-dealkylation sites (N-methyl/N-ethyl adjacent to an activating group) is 1. The highest BCUT2D eigenvalue weighted by Gasteiger charge is 2.45. The molecule has 31 heavy (non-hydrogen) atoms. The van der Waals surface area contributed by atoms with Crippen molar-refractivity contribution < 1.29 is 19.8 Å². The van der Waals surface area contributed by atoms with Crippen molar-refractivity contribution in [2.75, 3.05) is 46.9 Å². The molecule has 0 aromatic heterocycles. The first-order chi connectivity index (χ1) is 14.5. The Kier molecular flexibility index (Phi) is 9.42. The van der Waals surface area contributed by atoms with Gasteiger partial charge in [-0.25, -0.2) is 0 Å². The molecule has 1 fully saturated rings. The minimum Gasteiger partial charge on any atom is -0.396 e. The summed E-state index contributed by atoms with van der Waals surface area (Å²) in [6.45, 7) is 10.3. The third-order valence-electron chi connectivity index (χ3n) is 5.44. The molecule has 1 aliphatic heterocycles. The molecule has 176 valence electrons. The monoisotopic (exact) mass is 436 g/mol. The first-order valence-corrected chi connectivity index (χ1v) is 10.9. The molecule has 8 nitrogen and oxygen atoms in total. The van der Waals surface area contributed by atoms with Crippen LogP contribution in [0.25, 0.3) is 0 Å². The van der Waals surface area contributed by atoms with Gasteiger partial charge < -0.3 is 20.8 Å². The van der Waals surface area contributed by atoms with Crippen molar-refractivity contribution >= 4 is 5.91 Å². The van der Waals surface area contributed by atoms with Gasteiger partial charge in [-0.2, -0.15) is 5.06 Å². The summed E-state index contributed by atoms with van der Waals surface area (Å²) in [6.07, 6.45) is -0.640. The Hall–Kier alpha value is -1.55. The fourth-order valence-electron chi connectivity index (χ4n) is 4.10. The van der Waals surface area contributed by atoms with Crippen LogP contribution >= 0.6 is 0 Å². The molecular formula is C23H40N4O4. The van der Waals surface area contributed by atoms with E-state index in [1.807, 2.05) is 12.1 Å². The second-order valence-corrected chi connectivity index (χ2v) is 9.99. The van der Waals surface area contributed by atoms with Crippen molar-refractivity contribution in [1.29, 1.82) is 0 Å². The number of hydrogen-bond donors (Lipinski definition) is 3. The lowest BCUT2D eigenvalue weighted by Gasteiger charge is -2.31. The Morgan fingerprint density at radius 1 is 1.16 bits per heavy atom. The van der Waals surface area contributed by atoms with E-state index in [0.717, 1.165) is 31.7 Å². The number of carbonyl (C=O) groups excluding carboxylic acids is 1. The van der Waals surface area contributed by atoms with Crippen LogP contribution < -0.4 is 5.73 Å². The highest BCUT2D eigenvalue weighted by Crippen LogP contribution is 2.29. The van der Waals surface area contributed by atoms with Crippen molar-refractivity contribution in [3.63, 3.8) is 0 Å². The normalized spacial score (nSPS) is 22.5. The minimum atomic E-state index is -0.775. The second-order valence-electron chi connectivity index (χ2n) is 9.99. The molecule has 0 aliphatic carbocycles. The summed E-state index contributed by atoms with van der Waals surface area (Å²) >= 11 is 0. The molecule has 1 amide bonds. The number of carbonyl (C=O) groups is 1. The smallest absolute Gasteiger partial charge is 0.237 e. The molecule has 1 aliphatic rings. The molecule has 0 spiro atoms. The molecule has 4 N–H and O–H groups in total. The standard InChI is InChI=1S/C23H40N4O4/c1-23(2,3)16-26(10-9-25(4)5)12-17-7-6-8-18(11-17)13-27-21(22(24)30)19(14-28)20(15-29)31-27/h6-8,11,19-21,28-29H,9-10,12-16H2,1-5H3,(H2,24,30)/t19-,20?,21+/m1/s1. The summed E-state index contributed by atoms with van der Waals surface area (Å²) in [5.41, 5.74) is 7.94. The summed E-state index contributed by atoms with van der Waals surface area (Å²) in [5.74, 6) is -1.11. The van der Waals surface area contributed by atoms with Gasteiger partial charge in [-0.15, -0.1) is 0 Å². The van der Waals surface area contributed by atoms with Crippen molar-refractivity contribution in [3.05, 3.63) is 35.4 Å². The van der Waals surface area contributed by atoms with Gasteiger partial charge in [0.25, 0.3) is 0 Å². The van der Waals surface area contributed by atoms with Gasteiger partial charge in [0.05, 0.1) is 19.8 Å². The average molecular weight is 437 g/mol. The molecule has 3 atom stereocenters. The van der Waals surface area contributed by atoms with Gasteiger partial charge in [0.2, 0.25) is 5.91 Å². The number of amides is 1. The van der Waals surface area contributed by atoms with Gasteiger partial charge in [0.15, 0.2) is 0 Å². The van der Waals surface area contributed by atoms with E-state index in [-0.39, 0.29) is 18.6 Å². The molecule has 0 saturated carbocycles.